The number of benzene rings is 1. The number of aryl methyl sites for hydroxylation is 2. The maximum atomic E-state index is 12.7. The van der Waals surface area contributed by atoms with Gasteiger partial charge in [0.2, 0.25) is 11.8 Å². The zero-order valence-electron chi connectivity index (χ0n) is 17.6. The standard InChI is InChI=1S/C22H30N4O3/c1-4-24(14-19-13-23-26(5-2)15-19)22(28)9-7-18-6-8-21-20(12-18)16-25(17(3)27)10-11-29-21/h6,8,12-13,15H,4-5,7,9-11,14,16H2,1-3H3. The highest BCUT2D eigenvalue weighted by molar-refractivity contribution is 5.76. The molecule has 0 spiro atoms. The predicted molar refractivity (Wildman–Crippen MR) is 110 cm³/mol. The van der Waals surface area contributed by atoms with Gasteiger partial charge in [0.05, 0.1) is 12.7 Å². The second-order valence-corrected chi connectivity index (χ2v) is 7.34. The van der Waals surface area contributed by atoms with E-state index >= 15 is 0 Å². The van der Waals surface area contributed by atoms with Crippen LogP contribution in [0.5, 0.6) is 5.75 Å². The Hall–Kier alpha value is -2.83. The zero-order chi connectivity index (χ0) is 20.8. The third kappa shape index (κ3) is 5.37. The molecule has 0 saturated heterocycles. The van der Waals surface area contributed by atoms with Gasteiger partial charge in [-0.25, -0.2) is 0 Å². The topological polar surface area (TPSA) is 67.7 Å². The van der Waals surface area contributed by atoms with E-state index in [1.54, 1.807) is 11.8 Å². The fourth-order valence-corrected chi connectivity index (χ4v) is 3.54. The van der Waals surface area contributed by atoms with Gasteiger partial charge < -0.3 is 14.5 Å². The molecule has 0 fully saturated rings. The Morgan fingerprint density at radius 3 is 2.76 bits per heavy atom. The lowest BCUT2D eigenvalue weighted by Crippen LogP contribution is -2.30. The number of ether oxygens (including phenoxy) is 1. The molecular formula is C22H30N4O3. The van der Waals surface area contributed by atoms with Gasteiger partial charge in [-0.3, -0.25) is 14.3 Å². The number of hydrogen-bond acceptors (Lipinski definition) is 4. The molecule has 0 radical (unpaired) electrons. The van der Waals surface area contributed by atoms with Crippen molar-refractivity contribution in [2.45, 2.75) is 53.2 Å². The second kappa shape index (κ2) is 9.58. The number of carbonyl (C=O) groups is 2. The van der Waals surface area contributed by atoms with E-state index in [1.807, 2.05) is 48.0 Å². The van der Waals surface area contributed by atoms with Crippen LogP contribution in [0.25, 0.3) is 0 Å². The van der Waals surface area contributed by atoms with Crippen LogP contribution in [0.1, 0.15) is 43.9 Å². The minimum atomic E-state index is 0.0482. The third-order valence-corrected chi connectivity index (χ3v) is 5.30. The molecule has 2 amide bonds. The molecule has 0 bridgehead atoms. The normalized spacial score (nSPS) is 13.4. The molecule has 2 aromatic rings. The highest BCUT2D eigenvalue weighted by Crippen LogP contribution is 2.25. The quantitative estimate of drug-likeness (QED) is 0.719. The SMILES string of the molecule is CCN(Cc1cnn(CC)c1)C(=O)CCc1ccc2c(c1)CN(C(C)=O)CCO2. The van der Waals surface area contributed by atoms with Crippen LogP contribution in [0.2, 0.25) is 0 Å². The van der Waals surface area contributed by atoms with Gasteiger partial charge in [-0.15, -0.1) is 0 Å². The maximum absolute atomic E-state index is 12.7. The lowest BCUT2D eigenvalue weighted by Gasteiger charge is -2.20. The Morgan fingerprint density at radius 1 is 1.24 bits per heavy atom. The smallest absolute Gasteiger partial charge is 0.223 e. The van der Waals surface area contributed by atoms with E-state index in [4.69, 9.17) is 4.74 Å². The Balaban J connectivity index is 1.61. The monoisotopic (exact) mass is 398 g/mol. The number of amides is 2. The summed E-state index contributed by atoms with van der Waals surface area (Å²) in [6.45, 7) is 9.35. The number of nitrogens with zero attached hydrogens (tertiary/aromatic N) is 4. The lowest BCUT2D eigenvalue weighted by molar-refractivity contribution is -0.131. The molecule has 29 heavy (non-hydrogen) atoms. The summed E-state index contributed by atoms with van der Waals surface area (Å²) in [5.41, 5.74) is 3.14. The molecule has 0 aliphatic carbocycles. The van der Waals surface area contributed by atoms with Gasteiger partial charge in [-0.05, 0) is 31.9 Å². The average Bonchev–Trinajstić information content (AvgIpc) is 3.07. The molecule has 2 heterocycles. The molecule has 7 heteroatoms. The minimum Gasteiger partial charge on any atom is -0.491 e. The van der Waals surface area contributed by atoms with E-state index in [2.05, 4.69) is 11.2 Å². The van der Waals surface area contributed by atoms with Gasteiger partial charge in [0, 0.05) is 56.8 Å². The first-order valence-corrected chi connectivity index (χ1v) is 10.3. The van der Waals surface area contributed by atoms with Crippen molar-refractivity contribution >= 4 is 11.8 Å². The van der Waals surface area contributed by atoms with E-state index < -0.39 is 0 Å². The van der Waals surface area contributed by atoms with Crippen molar-refractivity contribution in [2.24, 2.45) is 0 Å². The fourth-order valence-electron chi connectivity index (χ4n) is 3.54. The molecule has 3 rings (SSSR count). The summed E-state index contributed by atoms with van der Waals surface area (Å²) in [7, 11) is 0. The van der Waals surface area contributed by atoms with Crippen LogP contribution in [-0.4, -0.2) is 51.1 Å². The number of hydrogen-bond donors (Lipinski definition) is 0. The van der Waals surface area contributed by atoms with Crippen LogP contribution < -0.4 is 4.74 Å². The molecule has 0 N–H and O–H groups in total. The molecule has 0 unspecified atom stereocenters. The number of fused-ring (bicyclic) bond motifs is 1. The summed E-state index contributed by atoms with van der Waals surface area (Å²) in [6.07, 6.45) is 4.93. The van der Waals surface area contributed by atoms with Crippen LogP contribution >= 0.6 is 0 Å². The lowest BCUT2D eigenvalue weighted by atomic mass is 10.0. The van der Waals surface area contributed by atoms with Crippen molar-refractivity contribution in [3.05, 3.63) is 47.3 Å². The summed E-state index contributed by atoms with van der Waals surface area (Å²) in [6, 6.07) is 6.03. The summed E-state index contributed by atoms with van der Waals surface area (Å²) < 4.78 is 7.64. The molecule has 1 aromatic carbocycles. The molecule has 7 nitrogen and oxygen atoms in total. The van der Waals surface area contributed by atoms with Gasteiger partial charge in [0.1, 0.15) is 12.4 Å². The Bertz CT molecular complexity index is 861. The van der Waals surface area contributed by atoms with E-state index in [0.29, 0.717) is 45.6 Å². The van der Waals surface area contributed by atoms with E-state index in [-0.39, 0.29) is 11.8 Å². The largest absolute Gasteiger partial charge is 0.491 e. The molecule has 156 valence electrons. The Morgan fingerprint density at radius 2 is 2.07 bits per heavy atom. The molecule has 1 aliphatic rings. The summed E-state index contributed by atoms with van der Waals surface area (Å²) in [4.78, 5) is 28.1. The molecule has 0 saturated carbocycles. The highest BCUT2D eigenvalue weighted by atomic mass is 16.5. The number of rotatable bonds is 7. The zero-order valence-corrected chi connectivity index (χ0v) is 17.6. The highest BCUT2D eigenvalue weighted by Gasteiger charge is 2.18. The van der Waals surface area contributed by atoms with Gasteiger partial charge in [0.15, 0.2) is 0 Å². The average molecular weight is 399 g/mol. The number of carbonyl (C=O) groups excluding carboxylic acids is 2. The van der Waals surface area contributed by atoms with Crippen molar-refractivity contribution in [3.8, 4) is 5.75 Å². The van der Waals surface area contributed by atoms with E-state index in [9.17, 15) is 9.59 Å². The van der Waals surface area contributed by atoms with Crippen molar-refractivity contribution < 1.29 is 14.3 Å². The first-order valence-electron chi connectivity index (χ1n) is 10.3. The van der Waals surface area contributed by atoms with Crippen LogP contribution in [-0.2, 0) is 35.6 Å². The van der Waals surface area contributed by atoms with Gasteiger partial charge in [-0.2, -0.15) is 5.10 Å². The minimum absolute atomic E-state index is 0.0482. The van der Waals surface area contributed by atoms with Crippen molar-refractivity contribution in [2.75, 3.05) is 19.7 Å². The summed E-state index contributed by atoms with van der Waals surface area (Å²) >= 11 is 0. The second-order valence-electron chi connectivity index (χ2n) is 7.34. The fraction of sp³-hybridized carbons (Fsp3) is 0.500. The number of aromatic nitrogens is 2. The maximum Gasteiger partial charge on any atom is 0.223 e. The Labute approximate surface area is 172 Å². The van der Waals surface area contributed by atoms with E-state index in [1.165, 1.54) is 0 Å². The molecule has 1 aromatic heterocycles. The van der Waals surface area contributed by atoms with Crippen LogP contribution in [0.15, 0.2) is 30.6 Å². The first kappa shape index (κ1) is 20.9. The van der Waals surface area contributed by atoms with Gasteiger partial charge in [-0.1, -0.05) is 12.1 Å². The Kier molecular flexibility index (Phi) is 6.90. The van der Waals surface area contributed by atoms with Gasteiger partial charge in [0.25, 0.3) is 0 Å². The predicted octanol–water partition coefficient (Wildman–Crippen LogP) is 2.63. The van der Waals surface area contributed by atoms with Crippen LogP contribution in [0.3, 0.4) is 0 Å². The molecule has 1 aliphatic heterocycles. The summed E-state index contributed by atoms with van der Waals surface area (Å²) in [5, 5.41) is 4.28. The van der Waals surface area contributed by atoms with Gasteiger partial charge >= 0.3 is 0 Å². The summed E-state index contributed by atoms with van der Waals surface area (Å²) in [5.74, 6) is 1.01. The van der Waals surface area contributed by atoms with Crippen molar-refractivity contribution in [1.29, 1.82) is 0 Å². The van der Waals surface area contributed by atoms with Crippen LogP contribution in [0, 0.1) is 0 Å². The molecule has 0 atom stereocenters. The van der Waals surface area contributed by atoms with Crippen molar-refractivity contribution in [3.63, 3.8) is 0 Å². The van der Waals surface area contributed by atoms with E-state index in [0.717, 1.165) is 29.0 Å². The molecular weight excluding hydrogens is 368 g/mol. The van der Waals surface area contributed by atoms with Crippen molar-refractivity contribution in [1.82, 2.24) is 19.6 Å². The third-order valence-electron chi connectivity index (χ3n) is 5.30. The first-order chi connectivity index (χ1) is 14.0. The van der Waals surface area contributed by atoms with Crippen LogP contribution in [0.4, 0.5) is 0 Å².